The molecular weight excluding hydrogens is 610 g/mol. The van der Waals surface area contributed by atoms with E-state index in [0.29, 0.717) is 10.5 Å². The molecular formula is C29H44ClN5O8Si. The van der Waals surface area contributed by atoms with Crippen molar-refractivity contribution in [3.05, 3.63) is 23.6 Å². The Bertz CT molecular complexity index is 1410. The topological polar surface area (TPSA) is 144 Å². The molecule has 2 aromatic rings. The summed E-state index contributed by atoms with van der Waals surface area (Å²) in [5, 5.41) is 4.25. The van der Waals surface area contributed by atoms with Crippen molar-refractivity contribution in [1.82, 2.24) is 19.7 Å². The van der Waals surface area contributed by atoms with Crippen LogP contribution < -0.4 is 4.90 Å². The normalized spacial score (nSPS) is 19.7. The number of nitrogens with zero attached hydrogens (tertiary/aromatic N) is 5. The number of aromatic nitrogens is 4. The summed E-state index contributed by atoms with van der Waals surface area (Å²) in [6.45, 7) is 26.2. The first-order valence-electron chi connectivity index (χ1n) is 14.2. The number of fused-ring (bicyclic) bond motifs is 1. The van der Waals surface area contributed by atoms with Crippen molar-refractivity contribution in [1.29, 1.82) is 0 Å². The van der Waals surface area contributed by atoms with Crippen LogP contribution in [0.3, 0.4) is 0 Å². The molecule has 0 unspecified atom stereocenters. The minimum Gasteiger partial charge on any atom is -0.453 e. The van der Waals surface area contributed by atoms with Crippen LogP contribution in [0.1, 0.15) is 75.5 Å². The van der Waals surface area contributed by atoms with Gasteiger partial charge in [0.25, 0.3) is 0 Å². The Labute approximate surface area is 264 Å². The van der Waals surface area contributed by atoms with Crippen LogP contribution >= 0.6 is 11.6 Å². The van der Waals surface area contributed by atoms with Gasteiger partial charge in [0.1, 0.15) is 17.3 Å². The molecule has 1 aliphatic rings. The van der Waals surface area contributed by atoms with Crippen molar-refractivity contribution >= 4 is 54.9 Å². The first-order chi connectivity index (χ1) is 19.9. The first kappa shape index (κ1) is 35.4. The van der Waals surface area contributed by atoms with Crippen molar-refractivity contribution in [3.8, 4) is 0 Å². The first-order valence-corrected chi connectivity index (χ1v) is 17.5. The molecule has 1 fully saturated rings. The maximum atomic E-state index is 13.4. The maximum absolute atomic E-state index is 13.4. The average molecular weight is 654 g/mol. The van der Waals surface area contributed by atoms with Gasteiger partial charge in [-0.15, -0.1) is 0 Å². The Balaban J connectivity index is 2.11. The van der Waals surface area contributed by atoms with Gasteiger partial charge in [-0.05, 0) is 76.8 Å². The van der Waals surface area contributed by atoms with Gasteiger partial charge in [0.2, 0.25) is 5.28 Å². The van der Waals surface area contributed by atoms with Gasteiger partial charge < -0.3 is 23.4 Å². The summed E-state index contributed by atoms with van der Waals surface area (Å²) in [6.07, 6.45) is -3.34. The molecule has 3 heterocycles. The fourth-order valence-corrected chi connectivity index (χ4v) is 5.10. The Kier molecular flexibility index (Phi) is 9.96. The van der Waals surface area contributed by atoms with Crippen molar-refractivity contribution < 1.29 is 37.8 Å². The van der Waals surface area contributed by atoms with Crippen LogP contribution in [0.2, 0.25) is 23.4 Å². The minimum absolute atomic E-state index is 0.0436. The lowest BCUT2D eigenvalue weighted by Crippen LogP contribution is -2.44. The van der Waals surface area contributed by atoms with Crippen molar-refractivity contribution in [3.63, 3.8) is 0 Å². The molecule has 0 radical (unpaired) electrons. The molecule has 13 nitrogen and oxygen atoms in total. The lowest BCUT2D eigenvalue weighted by Gasteiger charge is -2.36. The van der Waals surface area contributed by atoms with Gasteiger partial charge in [0.05, 0.1) is 18.2 Å². The van der Waals surface area contributed by atoms with E-state index in [-0.39, 0.29) is 33.8 Å². The number of amides is 2. The summed E-state index contributed by atoms with van der Waals surface area (Å²) in [7, 11) is -2.15. The van der Waals surface area contributed by atoms with E-state index >= 15 is 0 Å². The molecule has 3 atom stereocenters. The van der Waals surface area contributed by atoms with Gasteiger partial charge in [0, 0.05) is 6.92 Å². The van der Waals surface area contributed by atoms with Crippen molar-refractivity contribution in [2.75, 3.05) is 11.5 Å². The predicted octanol–water partition coefficient (Wildman–Crippen LogP) is 6.56. The lowest BCUT2D eigenvalue weighted by atomic mass is 10.1. The Morgan fingerprint density at radius 3 is 2.05 bits per heavy atom. The highest BCUT2D eigenvalue weighted by atomic mass is 35.5. The van der Waals surface area contributed by atoms with Crippen molar-refractivity contribution in [2.24, 2.45) is 0 Å². The van der Waals surface area contributed by atoms with E-state index in [0.717, 1.165) is 0 Å². The second kappa shape index (κ2) is 12.4. The zero-order chi connectivity index (χ0) is 33.6. The lowest BCUT2D eigenvalue weighted by molar-refractivity contribution is -0.151. The van der Waals surface area contributed by atoms with Gasteiger partial charge in [-0.3, -0.25) is 4.79 Å². The Morgan fingerprint density at radius 2 is 1.57 bits per heavy atom. The maximum Gasteiger partial charge on any atom is 0.425 e. The molecule has 0 aromatic carbocycles. The summed E-state index contributed by atoms with van der Waals surface area (Å²) in [5.74, 6) is -0.769. The summed E-state index contributed by atoms with van der Waals surface area (Å²) in [4.78, 5) is 48.0. The van der Waals surface area contributed by atoms with E-state index in [9.17, 15) is 14.4 Å². The zero-order valence-corrected chi connectivity index (χ0v) is 29.4. The van der Waals surface area contributed by atoms with E-state index in [1.807, 2.05) is 0 Å². The highest BCUT2D eigenvalue weighted by molar-refractivity contribution is 6.74. The van der Waals surface area contributed by atoms with Gasteiger partial charge in [-0.25, -0.2) is 14.3 Å². The van der Waals surface area contributed by atoms with Crippen LogP contribution in [0.25, 0.3) is 11.0 Å². The van der Waals surface area contributed by atoms with Crippen LogP contribution in [0.4, 0.5) is 15.4 Å². The van der Waals surface area contributed by atoms with E-state index in [4.69, 9.17) is 35.0 Å². The molecule has 0 N–H and O–H groups in total. The second-order valence-corrected chi connectivity index (χ2v) is 19.3. The third kappa shape index (κ3) is 8.14. The highest BCUT2D eigenvalue weighted by Gasteiger charge is 2.46. The smallest absolute Gasteiger partial charge is 0.425 e. The number of carbonyl (C=O) groups excluding carboxylic acids is 3. The molecule has 244 valence electrons. The minimum atomic E-state index is -2.15. The van der Waals surface area contributed by atoms with Gasteiger partial charge in [-0.1, -0.05) is 27.4 Å². The molecule has 15 heteroatoms. The SMILES string of the molecule is C=C1[C@@H](OC(C)=O)[C@H](n2ncc3c(N(C(=O)OC(C)(C)C)C(=O)OC(C)(C)C)nc(Cl)nc32)O[C@@H]1CO[Si](C)(C)C(C)(C)C. The number of rotatable bonds is 6. The molecule has 3 rings (SSSR count). The fraction of sp³-hybridized carbons (Fsp3) is 0.655. The predicted molar refractivity (Wildman–Crippen MR) is 167 cm³/mol. The van der Waals surface area contributed by atoms with Crippen molar-refractivity contribution in [2.45, 2.75) is 117 Å². The molecule has 0 spiro atoms. The molecule has 0 saturated carbocycles. The van der Waals surface area contributed by atoms with E-state index in [1.54, 1.807) is 41.5 Å². The highest BCUT2D eigenvalue weighted by Crippen LogP contribution is 2.41. The van der Waals surface area contributed by atoms with Crippen LogP contribution in [0.5, 0.6) is 0 Å². The molecule has 44 heavy (non-hydrogen) atoms. The second-order valence-electron chi connectivity index (χ2n) is 14.1. The molecule has 2 amide bonds. The number of hydrogen-bond donors (Lipinski definition) is 0. The number of imide groups is 1. The Morgan fingerprint density at radius 1 is 1.02 bits per heavy atom. The average Bonchev–Trinajstić information content (AvgIpc) is 3.35. The summed E-state index contributed by atoms with van der Waals surface area (Å²) < 4.78 is 30.7. The van der Waals surface area contributed by atoms with Crippen LogP contribution in [-0.4, -0.2) is 76.2 Å². The summed E-state index contributed by atoms with van der Waals surface area (Å²) >= 11 is 6.35. The van der Waals surface area contributed by atoms with Crippen LogP contribution in [0.15, 0.2) is 18.3 Å². The number of halogens is 1. The Hall–Kier alpha value is -3.07. The van der Waals surface area contributed by atoms with E-state index in [2.05, 4.69) is 55.5 Å². The largest absolute Gasteiger partial charge is 0.453 e. The summed E-state index contributed by atoms with van der Waals surface area (Å²) in [5.41, 5.74) is -1.32. The fourth-order valence-electron chi connectivity index (χ4n) is 3.94. The molecule has 2 aromatic heterocycles. The molecule has 1 saturated heterocycles. The number of anilines is 1. The van der Waals surface area contributed by atoms with E-state index < -0.39 is 56.1 Å². The monoisotopic (exact) mass is 653 g/mol. The quantitative estimate of drug-likeness (QED) is 0.110. The number of hydrogen-bond acceptors (Lipinski definition) is 11. The van der Waals surface area contributed by atoms with Gasteiger partial charge in [-0.2, -0.15) is 20.0 Å². The van der Waals surface area contributed by atoms with Gasteiger partial charge >= 0.3 is 18.2 Å². The zero-order valence-electron chi connectivity index (χ0n) is 27.6. The molecule has 1 aliphatic heterocycles. The van der Waals surface area contributed by atoms with Crippen LogP contribution in [0, 0.1) is 0 Å². The standard InChI is InChI=1S/C29H44ClN5O8Si/c1-16-19(15-39-44(12,13)29(9,10)11)41-23(20(16)40-17(2)36)35-22-18(14-31-35)21(32-24(30)33-22)34(25(37)42-27(3,4)5)26(38)43-28(6,7)8/h14,19-20,23H,1,15H2,2-13H3/t19-,20-,23-/m1/s1. The third-order valence-corrected chi connectivity index (χ3v) is 11.7. The summed E-state index contributed by atoms with van der Waals surface area (Å²) in [6, 6.07) is 0. The number of carbonyl (C=O) groups is 3. The number of ether oxygens (including phenoxy) is 4. The van der Waals surface area contributed by atoms with Gasteiger partial charge in [0.15, 0.2) is 32.1 Å². The van der Waals surface area contributed by atoms with Crippen LogP contribution in [-0.2, 0) is 28.2 Å². The molecule has 0 aliphatic carbocycles. The number of esters is 1. The molecule has 0 bridgehead atoms. The van der Waals surface area contributed by atoms with E-state index in [1.165, 1.54) is 17.8 Å². The third-order valence-electron chi connectivity index (χ3n) is 7.05.